The Morgan fingerprint density at radius 3 is 2.46 bits per heavy atom. The van der Waals surface area contributed by atoms with Gasteiger partial charge in [-0.3, -0.25) is 4.90 Å². The van der Waals surface area contributed by atoms with Gasteiger partial charge in [0.2, 0.25) is 5.95 Å². The monoisotopic (exact) mass is 352 g/mol. The number of fused-ring (bicyclic) bond motifs is 1. The maximum absolute atomic E-state index is 13.9. The summed E-state index contributed by atoms with van der Waals surface area (Å²) >= 11 is 0. The summed E-state index contributed by atoms with van der Waals surface area (Å²) < 4.78 is 13.9. The van der Waals surface area contributed by atoms with Gasteiger partial charge in [-0.15, -0.1) is 0 Å². The molecule has 6 nitrogen and oxygen atoms in total. The van der Waals surface area contributed by atoms with Crippen molar-refractivity contribution >= 4 is 28.4 Å². The van der Waals surface area contributed by atoms with E-state index in [2.05, 4.69) is 19.8 Å². The molecule has 2 heterocycles. The van der Waals surface area contributed by atoms with Crippen LogP contribution in [-0.2, 0) is 6.54 Å². The summed E-state index contributed by atoms with van der Waals surface area (Å²) in [6.45, 7) is 3.98. The lowest BCUT2D eigenvalue weighted by atomic mass is 10.1. The third kappa shape index (κ3) is 3.13. The zero-order valence-electron chi connectivity index (χ0n) is 14.4. The van der Waals surface area contributed by atoms with Crippen LogP contribution in [0.1, 0.15) is 5.56 Å². The zero-order chi connectivity index (χ0) is 18.1. The van der Waals surface area contributed by atoms with Gasteiger partial charge in [0.25, 0.3) is 0 Å². The van der Waals surface area contributed by atoms with E-state index in [9.17, 15) is 4.39 Å². The Morgan fingerprint density at radius 1 is 0.923 bits per heavy atom. The number of benzene rings is 2. The van der Waals surface area contributed by atoms with Crippen molar-refractivity contribution in [2.24, 2.45) is 0 Å². The van der Waals surface area contributed by atoms with Gasteiger partial charge >= 0.3 is 0 Å². The molecule has 7 heteroatoms. The van der Waals surface area contributed by atoms with Crippen LogP contribution in [0.4, 0.5) is 21.8 Å². The first-order chi connectivity index (χ1) is 12.6. The lowest BCUT2D eigenvalue weighted by Crippen LogP contribution is -2.46. The molecule has 0 aliphatic carbocycles. The van der Waals surface area contributed by atoms with Crippen LogP contribution in [0.2, 0.25) is 0 Å². The minimum absolute atomic E-state index is 0.147. The maximum Gasteiger partial charge on any atom is 0.222 e. The van der Waals surface area contributed by atoms with Crippen LogP contribution < -0.4 is 16.4 Å². The molecule has 0 atom stereocenters. The number of rotatable bonds is 3. The summed E-state index contributed by atoms with van der Waals surface area (Å²) in [5.74, 6) is 0.435. The lowest BCUT2D eigenvalue weighted by Gasteiger charge is -2.36. The quantitative estimate of drug-likeness (QED) is 0.752. The topological polar surface area (TPSA) is 84.3 Å². The summed E-state index contributed by atoms with van der Waals surface area (Å²) in [6, 6.07) is 12.8. The minimum Gasteiger partial charge on any atom is -0.383 e. The first-order valence-corrected chi connectivity index (χ1v) is 8.64. The number of hydrogen-bond acceptors (Lipinski definition) is 6. The van der Waals surface area contributed by atoms with Crippen molar-refractivity contribution < 1.29 is 4.39 Å². The third-order valence-electron chi connectivity index (χ3n) is 4.81. The van der Waals surface area contributed by atoms with Gasteiger partial charge < -0.3 is 16.4 Å². The molecule has 0 radical (unpaired) electrons. The second-order valence-corrected chi connectivity index (χ2v) is 6.49. The van der Waals surface area contributed by atoms with Gasteiger partial charge in [0, 0.05) is 44.0 Å². The molecule has 134 valence electrons. The van der Waals surface area contributed by atoms with Crippen LogP contribution >= 0.6 is 0 Å². The third-order valence-corrected chi connectivity index (χ3v) is 4.81. The van der Waals surface area contributed by atoms with Crippen LogP contribution in [0.15, 0.2) is 42.5 Å². The molecule has 26 heavy (non-hydrogen) atoms. The van der Waals surface area contributed by atoms with Gasteiger partial charge in [0.15, 0.2) is 0 Å². The molecule has 0 spiro atoms. The maximum atomic E-state index is 13.9. The van der Waals surface area contributed by atoms with E-state index in [1.165, 1.54) is 6.07 Å². The average molecular weight is 352 g/mol. The molecule has 1 aliphatic heterocycles. The number of anilines is 3. The molecule has 4 rings (SSSR count). The van der Waals surface area contributed by atoms with Crippen molar-refractivity contribution in [1.82, 2.24) is 14.9 Å². The number of hydrogen-bond donors (Lipinski definition) is 2. The van der Waals surface area contributed by atoms with Gasteiger partial charge in [-0.05, 0) is 18.2 Å². The summed E-state index contributed by atoms with van der Waals surface area (Å²) in [6.07, 6.45) is 0. The van der Waals surface area contributed by atoms with E-state index in [0.29, 0.717) is 12.4 Å². The first-order valence-electron chi connectivity index (χ1n) is 8.64. The smallest absolute Gasteiger partial charge is 0.222 e. The molecular weight excluding hydrogens is 331 g/mol. The minimum atomic E-state index is -0.147. The Balaban J connectivity index is 1.52. The van der Waals surface area contributed by atoms with Crippen molar-refractivity contribution in [3.05, 3.63) is 53.8 Å². The Kier molecular flexibility index (Phi) is 4.30. The summed E-state index contributed by atoms with van der Waals surface area (Å²) in [5.41, 5.74) is 14.3. The standard InChI is InChI=1S/C19H21FN6/c20-14-5-2-1-4-13(14)12-25-8-10-26(11-9-25)16-7-3-6-15-17(16)18(21)24-19(22)23-15/h1-7H,8-12H2,(H4,21,22,23,24). The van der Waals surface area contributed by atoms with E-state index >= 15 is 0 Å². The van der Waals surface area contributed by atoms with Gasteiger partial charge in [-0.25, -0.2) is 9.37 Å². The van der Waals surface area contributed by atoms with E-state index < -0.39 is 0 Å². The highest BCUT2D eigenvalue weighted by Crippen LogP contribution is 2.31. The number of nitrogens with two attached hydrogens (primary N) is 2. The molecule has 0 unspecified atom stereocenters. The van der Waals surface area contributed by atoms with Crippen LogP contribution in [0.5, 0.6) is 0 Å². The molecule has 2 aromatic carbocycles. The lowest BCUT2D eigenvalue weighted by molar-refractivity contribution is 0.247. The molecule has 0 amide bonds. The fourth-order valence-electron chi connectivity index (χ4n) is 3.49. The fraction of sp³-hybridized carbons (Fsp3) is 0.263. The van der Waals surface area contributed by atoms with Gasteiger partial charge in [0.05, 0.1) is 10.9 Å². The molecule has 0 bridgehead atoms. The highest BCUT2D eigenvalue weighted by molar-refractivity contribution is 5.99. The molecule has 1 aliphatic rings. The molecular formula is C19H21FN6. The Bertz CT molecular complexity index is 936. The van der Waals surface area contributed by atoms with E-state index in [-0.39, 0.29) is 11.8 Å². The second kappa shape index (κ2) is 6.76. The Labute approximate surface area is 151 Å². The van der Waals surface area contributed by atoms with Crippen molar-refractivity contribution in [2.45, 2.75) is 6.54 Å². The van der Waals surface area contributed by atoms with Crippen LogP contribution in [-0.4, -0.2) is 41.0 Å². The largest absolute Gasteiger partial charge is 0.383 e. The summed E-state index contributed by atoms with van der Waals surface area (Å²) in [7, 11) is 0. The SMILES string of the molecule is Nc1nc(N)c2c(N3CCN(Cc4ccccc4F)CC3)cccc2n1. The van der Waals surface area contributed by atoms with Crippen LogP contribution in [0.25, 0.3) is 10.9 Å². The first kappa shape index (κ1) is 16.5. The fourth-order valence-corrected chi connectivity index (χ4v) is 3.49. The predicted octanol–water partition coefficient (Wildman–Crippen LogP) is 2.26. The van der Waals surface area contributed by atoms with Gasteiger partial charge in [-0.1, -0.05) is 24.3 Å². The molecule has 1 aromatic heterocycles. The number of nitrogens with zero attached hydrogens (tertiary/aromatic N) is 4. The summed E-state index contributed by atoms with van der Waals surface area (Å²) in [5, 5.41) is 0.837. The highest BCUT2D eigenvalue weighted by Gasteiger charge is 2.21. The Hall–Kier alpha value is -2.93. The molecule has 3 aromatic rings. The predicted molar refractivity (Wildman–Crippen MR) is 102 cm³/mol. The van der Waals surface area contributed by atoms with Crippen molar-refractivity contribution in [3.63, 3.8) is 0 Å². The molecule has 1 fully saturated rings. The highest BCUT2D eigenvalue weighted by atomic mass is 19.1. The summed E-state index contributed by atoms with van der Waals surface area (Å²) in [4.78, 5) is 12.9. The molecule has 0 saturated carbocycles. The van der Waals surface area contributed by atoms with Crippen molar-refractivity contribution in [2.75, 3.05) is 42.5 Å². The number of piperazine rings is 1. The van der Waals surface area contributed by atoms with Gasteiger partial charge in [0.1, 0.15) is 11.6 Å². The number of nitrogen functional groups attached to an aromatic ring is 2. The van der Waals surface area contributed by atoms with Crippen LogP contribution in [0, 0.1) is 5.82 Å². The second-order valence-electron chi connectivity index (χ2n) is 6.49. The van der Waals surface area contributed by atoms with Crippen molar-refractivity contribution in [3.8, 4) is 0 Å². The molecule has 1 saturated heterocycles. The number of halogens is 1. The van der Waals surface area contributed by atoms with Crippen molar-refractivity contribution in [1.29, 1.82) is 0 Å². The Morgan fingerprint density at radius 2 is 1.69 bits per heavy atom. The van der Waals surface area contributed by atoms with Crippen LogP contribution in [0.3, 0.4) is 0 Å². The number of aromatic nitrogens is 2. The van der Waals surface area contributed by atoms with E-state index in [0.717, 1.165) is 48.3 Å². The van der Waals surface area contributed by atoms with E-state index in [1.807, 2.05) is 30.3 Å². The molecule has 4 N–H and O–H groups in total. The van der Waals surface area contributed by atoms with E-state index in [1.54, 1.807) is 6.07 Å². The normalized spacial score (nSPS) is 15.5. The van der Waals surface area contributed by atoms with Gasteiger partial charge in [-0.2, -0.15) is 4.98 Å². The van der Waals surface area contributed by atoms with E-state index in [4.69, 9.17) is 11.5 Å². The average Bonchev–Trinajstić information content (AvgIpc) is 2.63. The zero-order valence-corrected chi connectivity index (χ0v) is 14.4.